The molecule has 0 aliphatic rings. The summed E-state index contributed by atoms with van der Waals surface area (Å²) in [4.78, 5) is 11.5. The molecule has 4 nitrogen and oxygen atoms in total. The minimum absolute atomic E-state index is 0.0961. The lowest BCUT2D eigenvalue weighted by Crippen LogP contribution is -2.36. The first-order valence-corrected chi connectivity index (χ1v) is 6.72. The van der Waals surface area contributed by atoms with Crippen molar-refractivity contribution in [2.75, 3.05) is 6.61 Å². The quantitative estimate of drug-likeness (QED) is 0.768. The van der Waals surface area contributed by atoms with Gasteiger partial charge in [0.2, 0.25) is 5.91 Å². The van der Waals surface area contributed by atoms with E-state index in [2.05, 4.69) is 10.1 Å². The molecule has 1 rings (SSSR count). The molecule has 1 aromatic rings. The molecular formula is C14H15F6NO3. The van der Waals surface area contributed by atoms with Crippen molar-refractivity contribution in [2.24, 2.45) is 0 Å². The zero-order valence-corrected chi connectivity index (χ0v) is 12.4. The number of hydrogen-bond acceptors (Lipinski definition) is 3. The Labute approximate surface area is 133 Å². The number of nitrogens with one attached hydrogen (secondary N) is 1. The summed E-state index contributed by atoms with van der Waals surface area (Å²) < 4.78 is 77.3. The summed E-state index contributed by atoms with van der Waals surface area (Å²) in [6.45, 7) is -0.0598. The van der Waals surface area contributed by atoms with Crippen LogP contribution in [0.3, 0.4) is 0 Å². The van der Waals surface area contributed by atoms with Crippen LogP contribution in [0, 0.1) is 0 Å². The first kappa shape index (κ1) is 20.1. The van der Waals surface area contributed by atoms with Crippen molar-refractivity contribution < 1.29 is 41.0 Å². The van der Waals surface area contributed by atoms with Crippen molar-refractivity contribution in [2.45, 2.75) is 37.8 Å². The van der Waals surface area contributed by atoms with E-state index in [-0.39, 0.29) is 5.75 Å². The summed E-state index contributed by atoms with van der Waals surface area (Å²) in [5, 5.41) is 11.0. The van der Waals surface area contributed by atoms with Gasteiger partial charge in [-0.15, -0.1) is 0 Å². The number of amides is 1. The number of benzene rings is 1. The van der Waals surface area contributed by atoms with Crippen LogP contribution in [-0.4, -0.2) is 36.1 Å². The Bertz CT molecular complexity index is 558. The molecule has 2 atom stereocenters. The molecule has 0 aliphatic carbocycles. The van der Waals surface area contributed by atoms with E-state index >= 15 is 0 Å². The van der Waals surface area contributed by atoms with Crippen molar-refractivity contribution in [3.05, 3.63) is 29.8 Å². The average molecular weight is 359 g/mol. The molecule has 10 heteroatoms. The molecular weight excluding hydrogens is 344 g/mol. The first-order chi connectivity index (χ1) is 10.9. The molecule has 0 radical (unpaired) electrons. The molecule has 0 fully saturated rings. The molecule has 0 spiro atoms. The van der Waals surface area contributed by atoms with Crippen molar-refractivity contribution in [3.63, 3.8) is 0 Å². The van der Waals surface area contributed by atoms with Crippen LogP contribution in [0.25, 0.3) is 0 Å². The molecule has 0 aliphatic heterocycles. The minimum Gasteiger partial charge on any atom is -0.484 e. The van der Waals surface area contributed by atoms with Crippen LogP contribution in [0.1, 0.15) is 24.9 Å². The largest absolute Gasteiger partial charge is 0.484 e. The predicted octanol–water partition coefficient (Wildman–Crippen LogP) is 3.12. The van der Waals surface area contributed by atoms with Gasteiger partial charge in [0.15, 0.2) is 12.7 Å². The summed E-state index contributed by atoms with van der Waals surface area (Å²) >= 11 is 0. The number of aliphatic hydroxyl groups is 1. The molecule has 0 bridgehead atoms. The fourth-order valence-electron chi connectivity index (χ4n) is 1.71. The van der Waals surface area contributed by atoms with Gasteiger partial charge in [0, 0.05) is 0 Å². The number of halogens is 6. The third kappa shape index (κ3) is 7.07. The smallest absolute Gasteiger partial charge is 0.422 e. The number of ether oxygens (including phenoxy) is 1. The Morgan fingerprint density at radius 1 is 1.25 bits per heavy atom. The summed E-state index contributed by atoms with van der Waals surface area (Å²) in [6.07, 6.45) is -13.4. The Balaban J connectivity index is 2.64. The fraction of sp³-hybridized carbons (Fsp3) is 0.500. The Hall–Kier alpha value is -1.97. The van der Waals surface area contributed by atoms with E-state index < -0.39 is 43.4 Å². The van der Waals surface area contributed by atoms with E-state index in [1.54, 1.807) is 0 Å². The van der Waals surface area contributed by atoms with Crippen LogP contribution in [0.2, 0.25) is 0 Å². The molecule has 1 aromatic carbocycles. The fourth-order valence-corrected chi connectivity index (χ4v) is 1.71. The minimum atomic E-state index is -4.91. The maximum Gasteiger partial charge on any atom is 0.422 e. The molecule has 24 heavy (non-hydrogen) atoms. The van der Waals surface area contributed by atoms with Crippen molar-refractivity contribution >= 4 is 5.91 Å². The number of rotatable bonds is 6. The van der Waals surface area contributed by atoms with Gasteiger partial charge in [-0.05, 0) is 24.6 Å². The van der Waals surface area contributed by atoms with Gasteiger partial charge in [0.1, 0.15) is 5.75 Å². The summed E-state index contributed by atoms with van der Waals surface area (Å²) in [5.74, 6) is -1.14. The molecule has 1 amide bonds. The van der Waals surface area contributed by atoms with E-state index in [1.165, 1.54) is 31.2 Å². The van der Waals surface area contributed by atoms with Gasteiger partial charge < -0.3 is 15.2 Å². The maximum absolute atomic E-state index is 12.2. The highest BCUT2D eigenvalue weighted by atomic mass is 19.4. The van der Waals surface area contributed by atoms with Crippen LogP contribution in [-0.2, 0) is 4.79 Å². The lowest BCUT2D eigenvalue weighted by atomic mass is 10.1. The second-order valence-corrected chi connectivity index (χ2v) is 5.03. The molecule has 1 unspecified atom stereocenters. The van der Waals surface area contributed by atoms with Crippen LogP contribution < -0.4 is 10.1 Å². The Kier molecular flexibility index (Phi) is 6.47. The summed E-state index contributed by atoms with van der Waals surface area (Å²) in [5.41, 5.74) is 0.338. The zero-order valence-electron chi connectivity index (χ0n) is 12.4. The SMILES string of the molecule is C[C@H](NC(=O)CC(O)C(F)(F)F)c1cccc(OCC(F)(F)F)c1. The van der Waals surface area contributed by atoms with Gasteiger partial charge in [-0.25, -0.2) is 0 Å². The van der Waals surface area contributed by atoms with Crippen molar-refractivity contribution in [3.8, 4) is 5.75 Å². The second kappa shape index (κ2) is 7.73. The normalized spacial score (nSPS) is 14.8. The monoisotopic (exact) mass is 359 g/mol. The van der Waals surface area contributed by atoms with Crippen LogP contribution >= 0.6 is 0 Å². The third-order valence-corrected chi connectivity index (χ3v) is 2.89. The van der Waals surface area contributed by atoms with Gasteiger partial charge in [0.25, 0.3) is 0 Å². The van der Waals surface area contributed by atoms with Crippen LogP contribution in [0.4, 0.5) is 26.3 Å². The standard InChI is InChI=1S/C14H15F6NO3/c1-8(21-12(23)6-11(22)14(18,19)20)9-3-2-4-10(5-9)24-7-13(15,16)17/h2-5,8,11,22H,6-7H2,1H3,(H,21,23)/t8-,11?/m0/s1. The van der Waals surface area contributed by atoms with Gasteiger partial charge in [-0.1, -0.05) is 12.1 Å². The molecule has 2 N–H and O–H groups in total. The van der Waals surface area contributed by atoms with E-state index in [4.69, 9.17) is 5.11 Å². The predicted molar refractivity (Wildman–Crippen MR) is 71.2 cm³/mol. The molecule has 0 saturated heterocycles. The van der Waals surface area contributed by atoms with Gasteiger partial charge in [-0.3, -0.25) is 4.79 Å². The van der Waals surface area contributed by atoms with Crippen LogP contribution in [0.5, 0.6) is 5.75 Å². The first-order valence-electron chi connectivity index (χ1n) is 6.72. The maximum atomic E-state index is 12.2. The van der Waals surface area contributed by atoms with Gasteiger partial charge >= 0.3 is 12.4 Å². The zero-order chi connectivity index (χ0) is 18.5. The lowest BCUT2D eigenvalue weighted by molar-refractivity contribution is -0.206. The van der Waals surface area contributed by atoms with Gasteiger partial charge in [-0.2, -0.15) is 26.3 Å². The highest BCUT2D eigenvalue weighted by molar-refractivity contribution is 5.77. The molecule has 0 heterocycles. The highest BCUT2D eigenvalue weighted by Crippen LogP contribution is 2.24. The van der Waals surface area contributed by atoms with Gasteiger partial charge in [0.05, 0.1) is 12.5 Å². The number of alkyl halides is 6. The third-order valence-electron chi connectivity index (χ3n) is 2.89. The van der Waals surface area contributed by atoms with Crippen LogP contribution in [0.15, 0.2) is 24.3 Å². The Morgan fingerprint density at radius 2 is 1.88 bits per heavy atom. The lowest BCUT2D eigenvalue weighted by Gasteiger charge is -2.18. The Morgan fingerprint density at radius 3 is 2.42 bits per heavy atom. The molecule has 0 saturated carbocycles. The number of carbonyl (C=O) groups excluding carboxylic acids is 1. The summed E-state index contributed by atoms with van der Waals surface area (Å²) in [7, 11) is 0. The summed E-state index contributed by atoms with van der Waals surface area (Å²) in [6, 6.07) is 4.57. The average Bonchev–Trinajstić information content (AvgIpc) is 2.43. The van der Waals surface area contributed by atoms with E-state index in [1.807, 2.05) is 0 Å². The van der Waals surface area contributed by atoms with Crippen molar-refractivity contribution in [1.82, 2.24) is 5.32 Å². The topological polar surface area (TPSA) is 58.6 Å². The second-order valence-electron chi connectivity index (χ2n) is 5.03. The van der Waals surface area contributed by atoms with E-state index in [0.717, 1.165) is 0 Å². The van der Waals surface area contributed by atoms with Crippen molar-refractivity contribution in [1.29, 1.82) is 0 Å². The molecule has 136 valence electrons. The molecule has 0 aromatic heterocycles. The number of hydrogen-bond donors (Lipinski definition) is 2. The van der Waals surface area contributed by atoms with E-state index in [0.29, 0.717) is 5.56 Å². The van der Waals surface area contributed by atoms with E-state index in [9.17, 15) is 31.1 Å². The number of carbonyl (C=O) groups is 1. The number of aliphatic hydroxyl groups excluding tert-OH is 1. The highest BCUT2D eigenvalue weighted by Gasteiger charge is 2.39.